The van der Waals surface area contributed by atoms with Crippen molar-refractivity contribution in [3.63, 3.8) is 0 Å². The number of para-hydroxylation sites is 2. The molecule has 1 aliphatic heterocycles. The average Bonchev–Trinajstić information content (AvgIpc) is 2.92. The molecule has 0 bridgehead atoms. The van der Waals surface area contributed by atoms with Crippen molar-refractivity contribution < 1.29 is 19.2 Å². The quantitative estimate of drug-likeness (QED) is 0.567. The van der Waals surface area contributed by atoms with Crippen molar-refractivity contribution >= 4 is 11.6 Å². The first-order valence-corrected chi connectivity index (χ1v) is 8.75. The van der Waals surface area contributed by atoms with E-state index in [1.165, 1.54) is 4.68 Å². The van der Waals surface area contributed by atoms with Crippen molar-refractivity contribution in [3.05, 3.63) is 45.8 Å². The molecule has 2 aromatic rings. The molecule has 9 heteroatoms. The minimum absolute atomic E-state index is 0.0496. The lowest BCUT2D eigenvalue weighted by Crippen LogP contribution is -2.44. The van der Waals surface area contributed by atoms with Crippen LogP contribution in [0.2, 0.25) is 0 Å². The largest absolute Gasteiger partial charge is 0.486 e. The number of amides is 1. The Hall–Kier alpha value is -3.10. The van der Waals surface area contributed by atoms with Crippen LogP contribution in [0.1, 0.15) is 18.3 Å². The van der Waals surface area contributed by atoms with Gasteiger partial charge in [0.2, 0.25) is 5.91 Å². The first-order chi connectivity index (χ1) is 12.9. The molecule has 9 nitrogen and oxygen atoms in total. The van der Waals surface area contributed by atoms with E-state index in [0.717, 1.165) is 0 Å². The average molecular weight is 374 g/mol. The van der Waals surface area contributed by atoms with Crippen molar-refractivity contribution in [1.82, 2.24) is 14.7 Å². The molecule has 1 atom stereocenters. The zero-order valence-electron chi connectivity index (χ0n) is 15.5. The SMILES string of the molecule is CCN(CC1COc2ccccc2O1)C(=O)Cn1nc(C)c([N+](=O)[O-])c1C. The summed E-state index contributed by atoms with van der Waals surface area (Å²) in [6.45, 7) is 6.18. The van der Waals surface area contributed by atoms with Gasteiger partial charge < -0.3 is 14.4 Å². The Morgan fingerprint density at radius 2 is 2.07 bits per heavy atom. The summed E-state index contributed by atoms with van der Waals surface area (Å²) in [5.74, 6) is 1.17. The molecular weight excluding hydrogens is 352 g/mol. The van der Waals surface area contributed by atoms with Crippen LogP contribution in [-0.4, -0.2) is 51.3 Å². The smallest absolute Gasteiger partial charge is 0.312 e. The van der Waals surface area contributed by atoms with Gasteiger partial charge in [0, 0.05) is 6.54 Å². The van der Waals surface area contributed by atoms with E-state index in [-0.39, 0.29) is 24.2 Å². The van der Waals surface area contributed by atoms with Crippen molar-refractivity contribution in [2.24, 2.45) is 0 Å². The van der Waals surface area contributed by atoms with Gasteiger partial charge in [-0.15, -0.1) is 0 Å². The number of aryl methyl sites for hydroxylation is 1. The predicted octanol–water partition coefficient (Wildman–Crippen LogP) is 2.10. The van der Waals surface area contributed by atoms with Gasteiger partial charge in [-0.05, 0) is 32.9 Å². The van der Waals surface area contributed by atoms with Crippen LogP contribution in [0.5, 0.6) is 11.5 Å². The summed E-state index contributed by atoms with van der Waals surface area (Å²) >= 11 is 0. The Bertz CT molecular complexity index is 863. The molecule has 2 heterocycles. The van der Waals surface area contributed by atoms with Crippen LogP contribution >= 0.6 is 0 Å². The molecule has 0 fully saturated rings. The highest BCUT2D eigenvalue weighted by Gasteiger charge is 2.27. The molecule has 3 rings (SSSR count). The summed E-state index contributed by atoms with van der Waals surface area (Å²) in [6.07, 6.45) is -0.279. The van der Waals surface area contributed by atoms with Crippen molar-refractivity contribution in [2.45, 2.75) is 33.4 Å². The summed E-state index contributed by atoms with van der Waals surface area (Å²) < 4.78 is 13.0. The van der Waals surface area contributed by atoms with E-state index in [9.17, 15) is 14.9 Å². The molecule has 1 aromatic heterocycles. The van der Waals surface area contributed by atoms with Crippen LogP contribution < -0.4 is 9.47 Å². The van der Waals surface area contributed by atoms with Gasteiger partial charge in [-0.25, -0.2) is 0 Å². The summed E-state index contributed by atoms with van der Waals surface area (Å²) in [5, 5.41) is 15.3. The van der Waals surface area contributed by atoms with Crippen LogP contribution in [-0.2, 0) is 11.3 Å². The zero-order chi connectivity index (χ0) is 19.6. The third kappa shape index (κ3) is 3.86. The second kappa shape index (κ2) is 7.65. The van der Waals surface area contributed by atoms with Crippen LogP contribution in [0.15, 0.2) is 24.3 Å². The van der Waals surface area contributed by atoms with Crippen LogP contribution in [0.4, 0.5) is 5.69 Å². The number of aromatic nitrogens is 2. The number of ether oxygens (including phenoxy) is 2. The third-order valence-corrected chi connectivity index (χ3v) is 4.54. The van der Waals surface area contributed by atoms with Gasteiger partial charge in [-0.2, -0.15) is 5.10 Å². The molecule has 0 saturated heterocycles. The Morgan fingerprint density at radius 3 is 2.70 bits per heavy atom. The highest BCUT2D eigenvalue weighted by atomic mass is 16.6. The number of hydrogen-bond acceptors (Lipinski definition) is 6. The summed E-state index contributed by atoms with van der Waals surface area (Å²) in [5.41, 5.74) is 0.619. The lowest BCUT2D eigenvalue weighted by atomic mass is 10.2. The van der Waals surface area contributed by atoms with E-state index in [1.807, 2.05) is 31.2 Å². The van der Waals surface area contributed by atoms with E-state index < -0.39 is 4.92 Å². The Balaban J connectivity index is 1.67. The Kier molecular flexibility index (Phi) is 5.29. The summed E-state index contributed by atoms with van der Waals surface area (Å²) in [6, 6.07) is 7.40. The molecule has 0 radical (unpaired) electrons. The number of rotatable bonds is 6. The second-order valence-corrected chi connectivity index (χ2v) is 6.36. The van der Waals surface area contributed by atoms with E-state index in [0.29, 0.717) is 42.6 Å². The van der Waals surface area contributed by atoms with Crippen molar-refractivity contribution in [2.75, 3.05) is 19.7 Å². The summed E-state index contributed by atoms with van der Waals surface area (Å²) in [4.78, 5) is 25.0. The number of carbonyl (C=O) groups excluding carboxylic acids is 1. The topological polar surface area (TPSA) is 99.7 Å². The first kappa shape index (κ1) is 18.7. The molecule has 0 saturated carbocycles. The molecular formula is C18H22N4O5. The van der Waals surface area contributed by atoms with E-state index >= 15 is 0 Å². The lowest BCUT2D eigenvalue weighted by Gasteiger charge is -2.31. The van der Waals surface area contributed by atoms with E-state index in [2.05, 4.69) is 5.10 Å². The van der Waals surface area contributed by atoms with Gasteiger partial charge in [-0.1, -0.05) is 12.1 Å². The number of nitro groups is 1. The molecule has 0 spiro atoms. The van der Waals surface area contributed by atoms with Gasteiger partial charge in [0.1, 0.15) is 24.5 Å². The highest BCUT2D eigenvalue weighted by molar-refractivity contribution is 5.76. The Morgan fingerprint density at radius 1 is 1.37 bits per heavy atom. The van der Waals surface area contributed by atoms with Gasteiger partial charge in [0.15, 0.2) is 17.6 Å². The molecule has 144 valence electrons. The lowest BCUT2D eigenvalue weighted by molar-refractivity contribution is -0.386. The first-order valence-electron chi connectivity index (χ1n) is 8.75. The maximum Gasteiger partial charge on any atom is 0.312 e. The Labute approximate surface area is 156 Å². The number of carbonyl (C=O) groups is 1. The van der Waals surface area contributed by atoms with Gasteiger partial charge in [-0.3, -0.25) is 19.6 Å². The maximum absolute atomic E-state index is 12.7. The molecule has 0 N–H and O–H groups in total. The standard InChI is InChI=1S/C18H22N4O5/c1-4-20(9-14-11-26-15-7-5-6-8-16(15)27-14)17(23)10-21-13(3)18(22(24)25)12(2)19-21/h5-8,14H,4,9-11H2,1-3H3. The maximum atomic E-state index is 12.7. The number of likely N-dealkylation sites (N-methyl/N-ethyl adjacent to an activating group) is 1. The number of nitrogens with zero attached hydrogens (tertiary/aromatic N) is 4. The normalized spacial score (nSPS) is 15.4. The zero-order valence-corrected chi connectivity index (χ0v) is 15.5. The van der Waals surface area contributed by atoms with E-state index in [4.69, 9.17) is 9.47 Å². The van der Waals surface area contributed by atoms with Gasteiger partial charge in [0.05, 0.1) is 11.5 Å². The van der Waals surface area contributed by atoms with Crippen LogP contribution in [0.3, 0.4) is 0 Å². The van der Waals surface area contributed by atoms with Gasteiger partial charge in [0.25, 0.3) is 0 Å². The highest BCUT2D eigenvalue weighted by Crippen LogP contribution is 2.31. The second-order valence-electron chi connectivity index (χ2n) is 6.36. The molecule has 1 aromatic carbocycles. The monoisotopic (exact) mass is 374 g/mol. The third-order valence-electron chi connectivity index (χ3n) is 4.54. The molecule has 0 aliphatic carbocycles. The fraction of sp³-hybridized carbons (Fsp3) is 0.444. The van der Waals surface area contributed by atoms with E-state index in [1.54, 1.807) is 18.7 Å². The van der Waals surface area contributed by atoms with Crippen molar-refractivity contribution in [1.29, 1.82) is 0 Å². The molecule has 1 aliphatic rings. The molecule has 1 amide bonds. The summed E-state index contributed by atoms with van der Waals surface area (Å²) in [7, 11) is 0. The van der Waals surface area contributed by atoms with Crippen LogP contribution in [0, 0.1) is 24.0 Å². The predicted molar refractivity (Wildman–Crippen MR) is 97.0 cm³/mol. The number of fused-ring (bicyclic) bond motifs is 1. The minimum atomic E-state index is -0.471. The molecule has 1 unspecified atom stereocenters. The fourth-order valence-electron chi connectivity index (χ4n) is 3.14. The van der Waals surface area contributed by atoms with Gasteiger partial charge >= 0.3 is 5.69 Å². The number of benzene rings is 1. The number of hydrogen-bond donors (Lipinski definition) is 0. The minimum Gasteiger partial charge on any atom is -0.486 e. The molecule has 27 heavy (non-hydrogen) atoms. The fourth-order valence-corrected chi connectivity index (χ4v) is 3.14. The van der Waals surface area contributed by atoms with Crippen molar-refractivity contribution in [3.8, 4) is 11.5 Å². The van der Waals surface area contributed by atoms with Crippen LogP contribution in [0.25, 0.3) is 0 Å².